The highest BCUT2D eigenvalue weighted by Crippen LogP contribution is 2.36. The lowest BCUT2D eigenvalue weighted by atomic mass is 10.1. The number of nitrogens with two attached hydrogens (primary N) is 1. The van der Waals surface area contributed by atoms with E-state index in [4.69, 9.17) is 10.2 Å². The van der Waals surface area contributed by atoms with E-state index in [1.165, 1.54) is 5.56 Å². The van der Waals surface area contributed by atoms with Gasteiger partial charge in [0.15, 0.2) is 0 Å². The average Bonchev–Trinajstić information content (AvgIpc) is 2.76. The Labute approximate surface area is 90.5 Å². The Balaban J connectivity index is 2.01. The van der Waals surface area contributed by atoms with Crippen LogP contribution in [0.25, 0.3) is 10.3 Å². The number of fused-ring (bicyclic) bond motifs is 1. The number of hydrogen-bond donors (Lipinski definition) is 1. The lowest BCUT2D eigenvalue weighted by Gasteiger charge is -2.07. The molecule has 3 rings (SSSR count). The first kappa shape index (κ1) is 9.12. The van der Waals surface area contributed by atoms with Gasteiger partial charge in [-0.15, -0.1) is 0 Å². The molecule has 0 spiro atoms. The van der Waals surface area contributed by atoms with Gasteiger partial charge in [-0.05, 0) is 37.0 Å². The summed E-state index contributed by atoms with van der Waals surface area (Å²) in [5.74, 6) is 0. The second-order valence-corrected chi connectivity index (χ2v) is 5.25. The summed E-state index contributed by atoms with van der Waals surface area (Å²) in [6.07, 6.45) is 3.11. The molecule has 0 radical (unpaired) electrons. The maximum Gasteiger partial charge on any atom is 0.396 e. The first-order valence-corrected chi connectivity index (χ1v) is 5.78. The summed E-state index contributed by atoms with van der Waals surface area (Å²) in [6.45, 7) is 0. The number of hydrogen-bond acceptors (Lipinski definition) is 4. The molecule has 1 heterocycles. The third-order valence-electron chi connectivity index (χ3n) is 2.84. The van der Waals surface area contributed by atoms with Gasteiger partial charge in [-0.25, -0.2) is 4.79 Å². The summed E-state index contributed by atoms with van der Waals surface area (Å²) < 4.78 is 5.92. The molecule has 0 aliphatic heterocycles. The van der Waals surface area contributed by atoms with Crippen LogP contribution in [0.4, 0.5) is 0 Å². The minimum atomic E-state index is -0.240. The van der Waals surface area contributed by atoms with E-state index >= 15 is 0 Å². The first-order chi connectivity index (χ1) is 7.15. The maximum atomic E-state index is 11.0. The molecule has 1 aliphatic carbocycles. The molecule has 1 fully saturated rings. The molecule has 0 amide bonds. The Morgan fingerprint density at radius 1 is 1.47 bits per heavy atom. The molecule has 1 saturated carbocycles. The van der Waals surface area contributed by atoms with Crippen molar-refractivity contribution in [2.75, 3.05) is 0 Å². The molecule has 4 heteroatoms. The summed E-state index contributed by atoms with van der Waals surface area (Å²) in [7, 11) is 0. The topological polar surface area (TPSA) is 56.2 Å². The second kappa shape index (κ2) is 2.93. The smallest absolute Gasteiger partial charge is 0.396 e. The van der Waals surface area contributed by atoms with E-state index in [9.17, 15) is 4.79 Å². The molecule has 3 nitrogen and oxygen atoms in total. The lowest BCUT2D eigenvalue weighted by molar-refractivity contribution is 0.585. The van der Waals surface area contributed by atoms with Gasteiger partial charge in [-0.2, -0.15) is 0 Å². The fourth-order valence-electron chi connectivity index (χ4n) is 1.77. The van der Waals surface area contributed by atoms with Gasteiger partial charge in [-0.3, -0.25) is 0 Å². The molecule has 0 unspecified atom stereocenters. The minimum Gasteiger partial charge on any atom is -0.414 e. The van der Waals surface area contributed by atoms with E-state index in [-0.39, 0.29) is 10.5 Å². The van der Waals surface area contributed by atoms with E-state index in [0.29, 0.717) is 5.58 Å². The average molecular weight is 221 g/mol. The molecule has 78 valence electrons. The highest BCUT2D eigenvalue weighted by atomic mass is 32.1. The Morgan fingerprint density at radius 3 is 3.00 bits per heavy atom. The zero-order valence-corrected chi connectivity index (χ0v) is 8.97. The highest BCUT2D eigenvalue weighted by Gasteiger charge is 2.37. The molecular formula is C11H11NO2S. The van der Waals surface area contributed by atoms with Gasteiger partial charge < -0.3 is 10.2 Å². The summed E-state index contributed by atoms with van der Waals surface area (Å²) in [6, 6.07) is 5.86. The van der Waals surface area contributed by atoms with Gasteiger partial charge in [-0.1, -0.05) is 17.4 Å². The zero-order valence-electron chi connectivity index (χ0n) is 8.16. The molecule has 2 N–H and O–H groups in total. The molecular weight excluding hydrogens is 210 g/mol. The van der Waals surface area contributed by atoms with Crippen LogP contribution in [-0.2, 0) is 6.42 Å². The summed E-state index contributed by atoms with van der Waals surface area (Å²) in [5, 5.41) is 0. The third-order valence-corrected chi connectivity index (χ3v) is 3.63. The van der Waals surface area contributed by atoms with E-state index in [2.05, 4.69) is 0 Å². The zero-order chi connectivity index (χ0) is 10.5. The van der Waals surface area contributed by atoms with Crippen LogP contribution in [0.3, 0.4) is 0 Å². The number of rotatable bonds is 2. The van der Waals surface area contributed by atoms with Crippen LogP contribution < -0.4 is 10.7 Å². The second-order valence-electron chi connectivity index (χ2n) is 4.27. The van der Waals surface area contributed by atoms with Crippen LogP contribution in [0.15, 0.2) is 27.4 Å². The molecule has 1 aromatic carbocycles. The first-order valence-electron chi connectivity index (χ1n) is 4.96. The fourth-order valence-corrected chi connectivity index (χ4v) is 2.50. The Bertz CT molecular complexity index is 565. The van der Waals surface area contributed by atoms with Crippen molar-refractivity contribution in [2.45, 2.75) is 24.8 Å². The summed E-state index contributed by atoms with van der Waals surface area (Å²) in [4.78, 5) is 10.8. The fraction of sp³-hybridized carbons (Fsp3) is 0.364. The normalized spacial score (nSPS) is 18.2. The van der Waals surface area contributed by atoms with Crippen LogP contribution in [0.1, 0.15) is 18.4 Å². The van der Waals surface area contributed by atoms with Crippen molar-refractivity contribution in [1.29, 1.82) is 0 Å². The van der Waals surface area contributed by atoms with Crippen molar-refractivity contribution in [3.05, 3.63) is 33.5 Å². The van der Waals surface area contributed by atoms with Gasteiger partial charge >= 0.3 is 4.94 Å². The molecule has 0 atom stereocenters. The third kappa shape index (κ3) is 1.70. The van der Waals surface area contributed by atoms with Gasteiger partial charge in [0, 0.05) is 5.54 Å². The monoisotopic (exact) mass is 221 g/mol. The van der Waals surface area contributed by atoms with Gasteiger partial charge in [0.1, 0.15) is 5.58 Å². The van der Waals surface area contributed by atoms with E-state index < -0.39 is 0 Å². The Morgan fingerprint density at radius 2 is 2.27 bits per heavy atom. The van der Waals surface area contributed by atoms with Crippen LogP contribution in [0, 0.1) is 0 Å². The minimum absolute atomic E-state index is 0.0162. The van der Waals surface area contributed by atoms with E-state index in [0.717, 1.165) is 35.3 Å². The molecule has 1 aromatic heterocycles. The molecule has 0 saturated heterocycles. The maximum absolute atomic E-state index is 11.0. The Hall–Kier alpha value is -1.13. The Kier molecular flexibility index (Phi) is 1.78. The van der Waals surface area contributed by atoms with Gasteiger partial charge in [0.05, 0.1) is 4.70 Å². The highest BCUT2D eigenvalue weighted by molar-refractivity contribution is 7.16. The molecule has 15 heavy (non-hydrogen) atoms. The van der Waals surface area contributed by atoms with Crippen LogP contribution >= 0.6 is 11.3 Å². The summed E-state index contributed by atoms with van der Waals surface area (Å²) >= 11 is 1.15. The van der Waals surface area contributed by atoms with Crippen molar-refractivity contribution < 1.29 is 4.42 Å². The molecule has 1 aliphatic rings. The van der Waals surface area contributed by atoms with Gasteiger partial charge in [0.2, 0.25) is 0 Å². The van der Waals surface area contributed by atoms with Crippen LogP contribution in [0.2, 0.25) is 0 Å². The molecule has 2 aromatic rings. The lowest BCUT2D eigenvalue weighted by Crippen LogP contribution is -2.24. The predicted molar refractivity (Wildman–Crippen MR) is 60.2 cm³/mol. The van der Waals surface area contributed by atoms with E-state index in [1.54, 1.807) is 0 Å². The standard InChI is InChI=1S/C11H11NO2S/c12-11(3-4-11)6-7-1-2-8-9(5-7)15-10(13)14-8/h1-2,5H,3-4,6,12H2. The quantitative estimate of drug-likeness (QED) is 0.842. The van der Waals surface area contributed by atoms with Crippen molar-refractivity contribution >= 4 is 21.6 Å². The summed E-state index contributed by atoms with van der Waals surface area (Å²) in [5.41, 5.74) is 7.93. The van der Waals surface area contributed by atoms with Gasteiger partial charge in [0.25, 0.3) is 0 Å². The van der Waals surface area contributed by atoms with Crippen molar-refractivity contribution in [3.63, 3.8) is 0 Å². The SMILES string of the molecule is NC1(Cc2ccc3oc(=O)sc3c2)CC1. The van der Waals surface area contributed by atoms with E-state index in [1.807, 2.05) is 18.2 Å². The van der Waals surface area contributed by atoms with Crippen molar-refractivity contribution in [2.24, 2.45) is 5.73 Å². The number of benzene rings is 1. The van der Waals surface area contributed by atoms with Crippen molar-refractivity contribution in [3.8, 4) is 0 Å². The van der Waals surface area contributed by atoms with Crippen LogP contribution in [-0.4, -0.2) is 5.54 Å². The predicted octanol–water partition coefficient (Wildman–Crippen LogP) is 1.89. The van der Waals surface area contributed by atoms with Crippen LogP contribution in [0.5, 0.6) is 0 Å². The largest absolute Gasteiger partial charge is 0.414 e. The molecule has 0 bridgehead atoms. The van der Waals surface area contributed by atoms with Crippen molar-refractivity contribution in [1.82, 2.24) is 0 Å².